The van der Waals surface area contributed by atoms with Crippen LogP contribution in [-0.4, -0.2) is 39.8 Å². The minimum absolute atomic E-state index is 0.0265. The summed E-state index contributed by atoms with van der Waals surface area (Å²) in [5, 5.41) is 4.22. The molecule has 0 aliphatic carbocycles. The molecule has 0 unspecified atom stereocenters. The summed E-state index contributed by atoms with van der Waals surface area (Å²) in [4.78, 5) is 14.4. The smallest absolute Gasteiger partial charge is 0.260 e. The van der Waals surface area contributed by atoms with Crippen molar-refractivity contribution in [3.05, 3.63) is 48.5 Å². The van der Waals surface area contributed by atoms with Gasteiger partial charge in [0.05, 0.1) is 12.6 Å². The monoisotopic (exact) mass is 317 g/mol. The maximum Gasteiger partial charge on any atom is 0.260 e. The zero-order valence-electron chi connectivity index (χ0n) is 12.9. The molecule has 23 heavy (non-hydrogen) atoms. The SMILES string of the molecule is O=C(COc1ccc(F)cc1)N1CCCC[C@H]1Cn1cccn1. The molecule has 1 aromatic carbocycles. The van der Waals surface area contributed by atoms with E-state index in [1.54, 1.807) is 6.20 Å². The highest BCUT2D eigenvalue weighted by Crippen LogP contribution is 2.19. The van der Waals surface area contributed by atoms with Gasteiger partial charge in [-0.3, -0.25) is 9.48 Å². The summed E-state index contributed by atoms with van der Waals surface area (Å²) < 4.78 is 20.2. The van der Waals surface area contributed by atoms with Gasteiger partial charge in [-0.15, -0.1) is 0 Å². The molecule has 1 aliphatic rings. The first kappa shape index (κ1) is 15.5. The van der Waals surface area contributed by atoms with Crippen molar-refractivity contribution in [2.45, 2.75) is 31.8 Å². The number of halogens is 1. The van der Waals surface area contributed by atoms with Gasteiger partial charge >= 0.3 is 0 Å². The van der Waals surface area contributed by atoms with Gasteiger partial charge in [0.2, 0.25) is 0 Å². The summed E-state index contributed by atoms with van der Waals surface area (Å²) in [6.45, 7) is 1.42. The Hall–Kier alpha value is -2.37. The molecule has 1 aromatic heterocycles. The van der Waals surface area contributed by atoms with Crippen LogP contribution in [0.3, 0.4) is 0 Å². The predicted octanol–water partition coefficient (Wildman–Crippen LogP) is 2.48. The van der Waals surface area contributed by atoms with Crippen LogP contribution in [0.5, 0.6) is 5.75 Å². The highest BCUT2D eigenvalue weighted by Gasteiger charge is 2.27. The van der Waals surface area contributed by atoms with Crippen molar-refractivity contribution in [3.63, 3.8) is 0 Å². The molecular weight excluding hydrogens is 297 g/mol. The fourth-order valence-electron chi connectivity index (χ4n) is 2.90. The third-order valence-corrected chi connectivity index (χ3v) is 4.08. The summed E-state index contributed by atoms with van der Waals surface area (Å²) in [5.74, 6) is 0.144. The number of hydrogen-bond donors (Lipinski definition) is 0. The first-order valence-electron chi connectivity index (χ1n) is 7.87. The second-order valence-electron chi connectivity index (χ2n) is 5.71. The lowest BCUT2D eigenvalue weighted by Crippen LogP contribution is -2.47. The Labute approximate surface area is 134 Å². The number of aromatic nitrogens is 2. The number of piperidine rings is 1. The molecule has 122 valence electrons. The van der Waals surface area contributed by atoms with Crippen LogP contribution in [0.2, 0.25) is 0 Å². The minimum Gasteiger partial charge on any atom is -0.484 e. The highest BCUT2D eigenvalue weighted by molar-refractivity contribution is 5.78. The van der Waals surface area contributed by atoms with E-state index in [4.69, 9.17) is 4.74 Å². The standard InChI is InChI=1S/C17H20FN3O2/c18-14-5-7-16(8-6-14)23-13-17(22)21-11-2-1-4-15(21)12-20-10-3-9-19-20/h3,5-10,15H,1-2,4,11-13H2/t15-/m0/s1. The van der Waals surface area contributed by atoms with Gasteiger partial charge in [-0.05, 0) is 49.6 Å². The van der Waals surface area contributed by atoms with E-state index < -0.39 is 0 Å². The topological polar surface area (TPSA) is 47.4 Å². The summed E-state index contributed by atoms with van der Waals surface area (Å²) in [6.07, 6.45) is 6.76. The largest absolute Gasteiger partial charge is 0.484 e. The number of carbonyl (C=O) groups excluding carboxylic acids is 1. The molecule has 0 spiro atoms. The van der Waals surface area contributed by atoms with Crippen LogP contribution in [0.25, 0.3) is 0 Å². The van der Waals surface area contributed by atoms with Crippen molar-refractivity contribution in [3.8, 4) is 5.75 Å². The molecule has 1 fully saturated rings. The number of rotatable bonds is 5. The Balaban J connectivity index is 1.58. The molecule has 0 saturated carbocycles. The molecule has 2 aromatic rings. The lowest BCUT2D eigenvalue weighted by molar-refractivity contribution is -0.137. The molecule has 3 rings (SSSR count). The molecule has 5 nitrogen and oxygen atoms in total. The number of carbonyl (C=O) groups is 1. The lowest BCUT2D eigenvalue weighted by atomic mass is 10.0. The second kappa shape index (κ2) is 7.26. The van der Waals surface area contributed by atoms with Crippen molar-refractivity contribution in [1.29, 1.82) is 0 Å². The molecule has 6 heteroatoms. The van der Waals surface area contributed by atoms with Crippen LogP contribution in [-0.2, 0) is 11.3 Å². The Morgan fingerprint density at radius 2 is 2.13 bits per heavy atom. The van der Waals surface area contributed by atoms with Crippen LogP contribution in [0.4, 0.5) is 4.39 Å². The maximum atomic E-state index is 12.9. The molecule has 1 aliphatic heterocycles. The number of likely N-dealkylation sites (tertiary alicyclic amines) is 1. The summed E-state index contributed by atoms with van der Waals surface area (Å²) in [6, 6.07) is 7.72. The van der Waals surface area contributed by atoms with E-state index >= 15 is 0 Å². The number of hydrogen-bond acceptors (Lipinski definition) is 3. The third kappa shape index (κ3) is 4.09. The van der Waals surface area contributed by atoms with Crippen LogP contribution in [0, 0.1) is 5.82 Å². The fraction of sp³-hybridized carbons (Fsp3) is 0.412. The molecule has 0 bridgehead atoms. The Morgan fingerprint density at radius 1 is 1.30 bits per heavy atom. The Kier molecular flexibility index (Phi) is 4.90. The van der Waals surface area contributed by atoms with Crippen molar-refractivity contribution >= 4 is 5.91 Å². The fourth-order valence-corrected chi connectivity index (χ4v) is 2.90. The summed E-state index contributed by atoms with van der Waals surface area (Å²) in [7, 11) is 0. The van der Waals surface area contributed by atoms with Crippen molar-refractivity contribution in [2.75, 3.05) is 13.2 Å². The molecule has 2 heterocycles. The van der Waals surface area contributed by atoms with E-state index in [0.29, 0.717) is 12.3 Å². The van der Waals surface area contributed by atoms with E-state index in [9.17, 15) is 9.18 Å². The molecule has 1 saturated heterocycles. The molecular formula is C17H20FN3O2. The second-order valence-corrected chi connectivity index (χ2v) is 5.71. The number of ether oxygens (including phenoxy) is 1. The maximum absolute atomic E-state index is 12.9. The summed E-state index contributed by atoms with van der Waals surface area (Å²) >= 11 is 0. The van der Waals surface area contributed by atoms with Gasteiger partial charge < -0.3 is 9.64 Å². The van der Waals surface area contributed by atoms with Crippen molar-refractivity contribution < 1.29 is 13.9 Å². The average Bonchev–Trinajstić information content (AvgIpc) is 3.07. The minimum atomic E-state index is -0.320. The van der Waals surface area contributed by atoms with Crippen LogP contribution < -0.4 is 4.74 Å². The van der Waals surface area contributed by atoms with Crippen LogP contribution in [0.1, 0.15) is 19.3 Å². The van der Waals surface area contributed by atoms with E-state index in [-0.39, 0.29) is 24.4 Å². The zero-order valence-corrected chi connectivity index (χ0v) is 12.9. The Morgan fingerprint density at radius 3 is 2.87 bits per heavy atom. The van der Waals surface area contributed by atoms with E-state index in [0.717, 1.165) is 25.8 Å². The van der Waals surface area contributed by atoms with Crippen molar-refractivity contribution in [2.24, 2.45) is 0 Å². The summed E-state index contributed by atoms with van der Waals surface area (Å²) in [5.41, 5.74) is 0. The normalized spacial score (nSPS) is 18.0. The lowest BCUT2D eigenvalue weighted by Gasteiger charge is -2.35. The van der Waals surface area contributed by atoms with Gasteiger partial charge in [0.15, 0.2) is 6.61 Å². The highest BCUT2D eigenvalue weighted by atomic mass is 19.1. The van der Waals surface area contributed by atoms with Gasteiger partial charge in [0.25, 0.3) is 5.91 Å². The van der Waals surface area contributed by atoms with E-state index in [2.05, 4.69) is 5.10 Å². The zero-order chi connectivity index (χ0) is 16.1. The van der Waals surface area contributed by atoms with E-state index in [1.165, 1.54) is 24.3 Å². The van der Waals surface area contributed by atoms with Crippen LogP contribution >= 0.6 is 0 Å². The first-order valence-corrected chi connectivity index (χ1v) is 7.87. The van der Waals surface area contributed by atoms with Gasteiger partial charge in [-0.1, -0.05) is 0 Å². The predicted molar refractivity (Wildman–Crippen MR) is 83.5 cm³/mol. The van der Waals surface area contributed by atoms with E-state index in [1.807, 2.05) is 21.8 Å². The quantitative estimate of drug-likeness (QED) is 0.851. The molecule has 0 N–H and O–H groups in total. The molecule has 1 atom stereocenters. The first-order chi connectivity index (χ1) is 11.2. The number of nitrogens with zero attached hydrogens (tertiary/aromatic N) is 3. The average molecular weight is 317 g/mol. The Bertz CT molecular complexity index is 628. The van der Waals surface area contributed by atoms with Crippen molar-refractivity contribution in [1.82, 2.24) is 14.7 Å². The van der Waals surface area contributed by atoms with Gasteiger partial charge in [-0.25, -0.2) is 4.39 Å². The number of benzene rings is 1. The number of amides is 1. The third-order valence-electron chi connectivity index (χ3n) is 4.08. The van der Waals surface area contributed by atoms with Gasteiger partial charge in [-0.2, -0.15) is 5.10 Å². The van der Waals surface area contributed by atoms with Crippen LogP contribution in [0.15, 0.2) is 42.7 Å². The van der Waals surface area contributed by atoms with Gasteiger partial charge in [0, 0.05) is 18.9 Å². The van der Waals surface area contributed by atoms with Gasteiger partial charge in [0.1, 0.15) is 11.6 Å². The molecule has 0 radical (unpaired) electrons. The molecule has 1 amide bonds.